The molecule has 2 heterocycles. The largest absolute Gasteiger partial charge is 0.480 e. The van der Waals surface area contributed by atoms with E-state index in [9.17, 15) is 14.0 Å². The molecule has 1 unspecified atom stereocenters. The molecule has 1 aliphatic rings. The number of likely N-dealkylation sites (tertiary alicyclic amines) is 1. The zero-order valence-electron chi connectivity index (χ0n) is 13.5. The number of anilines is 1. The van der Waals surface area contributed by atoms with Crippen LogP contribution in [0.25, 0.3) is 5.69 Å². The number of aryl methyl sites for hydroxylation is 1. The molecule has 1 atom stereocenters. The van der Waals surface area contributed by atoms with Gasteiger partial charge in [0.05, 0.1) is 17.9 Å². The minimum Gasteiger partial charge on any atom is -0.480 e. The highest BCUT2D eigenvalue weighted by atomic mass is 19.1. The smallest absolute Gasteiger partial charge is 0.320 e. The first-order valence-corrected chi connectivity index (χ1v) is 7.77. The van der Waals surface area contributed by atoms with Gasteiger partial charge in [0.2, 0.25) is 5.91 Å². The highest BCUT2D eigenvalue weighted by Crippen LogP contribution is 2.20. The van der Waals surface area contributed by atoms with Gasteiger partial charge in [-0.1, -0.05) is 0 Å². The van der Waals surface area contributed by atoms with E-state index in [1.54, 1.807) is 11.8 Å². The fraction of sp³-hybridized carbons (Fsp3) is 0.400. The lowest BCUT2D eigenvalue weighted by atomic mass is 10.2. The lowest BCUT2D eigenvalue weighted by molar-refractivity contribution is -0.142. The van der Waals surface area contributed by atoms with Crippen molar-refractivity contribution in [2.45, 2.75) is 25.8 Å². The number of hydrogen-bond donors (Lipinski definition) is 2. The molecule has 1 aromatic heterocycles. The number of aromatic nitrogens is 4. The van der Waals surface area contributed by atoms with Gasteiger partial charge in [-0.3, -0.25) is 14.5 Å². The van der Waals surface area contributed by atoms with Crippen LogP contribution in [0.2, 0.25) is 0 Å². The second-order valence-electron chi connectivity index (χ2n) is 5.82. The summed E-state index contributed by atoms with van der Waals surface area (Å²) in [5.74, 6) is -1.51. The standard InChI is InChI=1S/C15H17FN6O3/c1-9-18-19-20-22(9)10-4-5-11(16)12(7-10)17-14(23)8-21-6-2-3-13(21)15(24)25/h4-5,7,13H,2-3,6,8H2,1H3,(H,17,23)(H,24,25). The number of carbonyl (C=O) groups is 2. The van der Waals surface area contributed by atoms with E-state index in [-0.39, 0.29) is 12.2 Å². The van der Waals surface area contributed by atoms with Gasteiger partial charge in [0, 0.05) is 0 Å². The Hall–Kier alpha value is -2.88. The topological polar surface area (TPSA) is 113 Å². The number of tetrazole rings is 1. The molecule has 9 nitrogen and oxygen atoms in total. The molecule has 132 valence electrons. The molecule has 1 saturated heterocycles. The Balaban J connectivity index is 1.73. The average Bonchev–Trinajstić information content (AvgIpc) is 3.18. The van der Waals surface area contributed by atoms with Crippen molar-refractivity contribution in [2.24, 2.45) is 0 Å². The third kappa shape index (κ3) is 3.63. The molecule has 10 heteroatoms. The first-order chi connectivity index (χ1) is 12.0. The first-order valence-electron chi connectivity index (χ1n) is 7.77. The molecular weight excluding hydrogens is 331 g/mol. The third-order valence-corrected chi connectivity index (χ3v) is 4.09. The fourth-order valence-corrected chi connectivity index (χ4v) is 2.88. The van der Waals surface area contributed by atoms with Crippen molar-refractivity contribution in [2.75, 3.05) is 18.4 Å². The minimum absolute atomic E-state index is 0.0107. The number of carbonyl (C=O) groups excluding carboxylic acids is 1. The number of rotatable bonds is 5. The van der Waals surface area contributed by atoms with Crippen LogP contribution in [0.1, 0.15) is 18.7 Å². The lowest BCUT2D eigenvalue weighted by Crippen LogP contribution is -2.41. The number of nitrogens with zero attached hydrogens (tertiary/aromatic N) is 5. The predicted molar refractivity (Wildman–Crippen MR) is 84.7 cm³/mol. The maximum atomic E-state index is 14.0. The Kier molecular flexibility index (Phi) is 4.70. The molecular formula is C15H17FN6O3. The van der Waals surface area contributed by atoms with Crippen molar-refractivity contribution in [1.29, 1.82) is 0 Å². The summed E-state index contributed by atoms with van der Waals surface area (Å²) in [6.07, 6.45) is 1.22. The molecule has 25 heavy (non-hydrogen) atoms. The quantitative estimate of drug-likeness (QED) is 0.813. The predicted octanol–water partition coefficient (Wildman–Crippen LogP) is 0.597. The van der Waals surface area contributed by atoms with Crippen molar-refractivity contribution in [3.63, 3.8) is 0 Å². The number of halogens is 1. The van der Waals surface area contributed by atoms with Crippen molar-refractivity contribution in [3.8, 4) is 5.69 Å². The number of carboxylic acid groups (broad SMARTS) is 1. The normalized spacial score (nSPS) is 17.6. The second kappa shape index (κ2) is 6.93. The van der Waals surface area contributed by atoms with Crippen LogP contribution in [0.4, 0.5) is 10.1 Å². The summed E-state index contributed by atoms with van der Waals surface area (Å²) in [5, 5.41) is 22.7. The van der Waals surface area contributed by atoms with Gasteiger partial charge in [-0.2, -0.15) is 4.68 Å². The Morgan fingerprint density at radius 3 is 2.92 bits per heavy atom. The molecule has 1 aromatic carbocycles. The maximum Gasteiger partial charge on any atom is 0.320 e. The number of benzene rings is 1. The van der Waals surface area contributed by atoms with Crippen LogP contribution >= 0.6 is 0 Å². The SMILES string of the molecule is Cc1nnnn1-c1ccc(F)c(NC(=O)CN2CCCC2C(=O)O)c1. The van der Waals surface area contributed by atoms with Gasteiger partial charge in [0.25, 0.3) is 0 Å². The maximum absolute atomic E-state index is 14.0. The van der Waals surface area contributed by atoms with Crippen LogP contribution in [0, 0.1) is 12.7 Å². The van der Waals surface area contributed by atoms with Gasteiger partial charge in [0.1, 0.15) is 11.9 Å². The third-order valence-electron chi connectivity index (χ3n) is 4.09. The van der Waals surface area contributed by atoms with Crippen LogP contribution in [0.5, 0.6) is 0 Å². The summed E-state index contributed by atoms with van der Waals surface area (Å²) in [4.78, 5) is 24.9. The molecule has 2 N–H and O–H groups in total. The van der Waals surface area contributed by atoms with Crippen LogP contribution in [-0.2, 0) is 9.59 Å². The van der Waals surface area contributed by atoms with Gasteiger partial charge in [-0.05, 0) is 54.9 Å². The molecule has 2 aromatic rings. The summed E-state index contributed by atoms with van der Waals surface area (Å²) < 4.78 is 15.4. The Labute approximate surface area is 142 Å². The zero-order valence-corrected chi connectivity index (χ0v) is 13.5. The lowest BCUT2D eigenvalue weighted by Gasteiger charge is -2.20. The van der Waals surface area contributed by atoms with Gasteiger partial charge in [0.15, 0.2) is 5.82 Å². The summed E-state index contributed by atoms with van der Waals surface area (Å²) in [7, 11) is 0. The zero-order chi connectivity index (χ0) is 18.0. The summed E-state index contributed by atoms with van der Waals surface area (Å²) in [6, 6.07) is 3.46. The van der Waals surface area contributed by atoms with Gasteiger partial charge >= 0.3 is 5.97 Å². The Bertz CT molecular complexity index is 808. The number of amides is 1. The van der Waals surface area contributed by atoms with E-state index in [4.69, 9.17) is 5.11 Å². The second-order valence-corrected chi connectivity index (χ2v) is 5.82. The number of aliphatic carboxylic acids is 1. The molecule has 0 radical (unpaired) electrons. The first kappa shape index (κ1) is 17.0. The van der Waals surface area contributed by atoms with Crippen LogP contribution in [0.3, 0.4) is 0 Å². The molecule has 0 spiro atoms. The van der Waals surface area contributed by atoms with Crippen LogP contribution < -0.4 is 5.32 Å². The molecule has 0 bridgehead atoms. The van der Waals surface area contributed by atoms with Crippen molar-refractivity contribution in [3.05, 3.63) is 29.8 Å². The van der Waals surface area contributed by atoms with E-state index >= 15 is 0 Å². The number of nitrogens with one attached hydrogen (secondary N) is 1. The van der Waals surface area contributed by atoms with E-state index in [1.165, 1.54) is 22.9 Å². The minimum atomic E-state index is -0.951. The van der Waals surface area contributed by atoms with E-state index < -0.39 is 23.7 Å². The molecule has 0 aliphatic carbocycles. The molecule has 1 amide bonds. The molecule has 0 saturated carbocycles. The van der Waals surface area contributed by atoms with Gasteiger partial charge < -0.3 is 10.4 Å². The highest BCUT2D eigenvalue weighted by molar-refractivity contribution is 5.93. The monoisotopic (exact) mass is 348 g/mol. The van der Waals surface area contributed by atoms with E-state index in [2.05, 4.69) is 20.8 Å². The highest BCUT2D eigenvalue weighted by Gasteiger charge is 2.31. The van der Waals surface area contributed by atoms with Crippen LogP contribution in [0.15, 0.2) is 18.2 Å². The van der Waals surface area contributed by atoms with Gasteiger partial charge in [-0.15, -0.1) is 5.10 Å². The van der Waals surface area contributed by atoms with E-state index in [1.807, 2.05) is 0 Å². The molecule has 1 aliphatic heterocycles. The van der Waals surface area contributed by atoms with Crippen LogP contribution in [-0.4, -0.2) is 61.2 Å². The number of carboxylic acids is 1. The van der Waals surface area contributed by atoms with Gasteiger partial charge in [-0.25, -0.2) is 4.39 Å². The fourth-order valence-electron chi connectivity index (χ4n) is 2.88. The molecule has 3 rings (SSSR count). The Morgan fingerprint density at radius 1 is 1.44 bits per heavy atom. The van der Waals surface area contributed by atoms with Crippen molar-refractivity contribution in [1.82, 2.24) is 25.1 Å². The summed E-state index contributed by atoms with van der Waals surface area (Å²) in [5.41, 5.74) is 0.493. The van der Waals surface area contributed by atoms with Crippen molar-refractivity contribution < 1.29 is 19.1 Å². The Morgan fingerprint density at radius 2 is 2.24 bits per heavy atom. The summed E-state index contributed by atoms with van der Waals surface area (Å²) in [6.45, 7) is 2.11. The van der Waals surface area contributed by atoms with E-state index in [0.29, 0.717) is 30.9 Å². The summed E-state index contributed by atoms with van der Waals surface area (Å²) >= 11 is 0. The van der Waals surface area contributed by atoms with Crippen molar-refractivity contribution >= 4 is 17.6 Å². The molecule has 1 fully saturated rings. The van der Waals surface area contributed by atoms with E-state index in [0.717, 1.165) is 0 Å². The average molecular weight is 348 g/mol. The number of hydrogen-bond acceptors (Lipinski definition) is 6.